The Labute approximate surface area is 174 Å². The fourth-order valence-electron chi connectivity index (χ4n) is 2.88. The summed E-state index contributed by atoms with van der Waals surface area (Å²) in [5, 5.41) is 6.00. The minimum absolute atomic E-state index is 0.228. The molecule has 144 valence electrons. The number of aryl methyl sites for hydroxylation is 1. The second-order valence-corrected chi connectivity index (χ2v) is 8.07. The number of pyridine rings is 1. The summed E-state index contributed by atoms with van der Waals surface area (Å²) in [5.74, 6) is 1.19. The highest BCUT2D eigenvalue weighted by Gasteiger charge is 2.19. The lowest BCUT2D eigenvalue weighted by Crippen LogP contribution is -2.11. The molecule has 4 heterocycles. The second-order valence-electron chi connectivity index (χ2n) is 6.21. The average molecular weight is 422 g/mol. The predicted octanol–water partition coefficient (Wildman–Crippen LogP) is 4.62. The highest BCUT2D eigenvalue weighted by atomic mass is 32.1. The number of anilines is 1. The standard InChI is InChI=1S/C20H14N4O3S2/c1-11-17(29-19(22-11)13-4-2-3-7-21-13)18(25)24-20-23-14(9-28-20)12-5-6-15-16(8-12)27-10-26-15/h2-9H,10H2,1H3,(H,23,24,25). The topological polar surface area (TPSA) is 86.2 Å². The quantitative estimate of drug-likeness (QED) is 0.517. The molecule has 1 N–H and O–H groups in total. The molecule has 1 aliphatic rings. The molecular formula is C20H14N4O3S2. The predicted molar refractivity (Wildman–Crippen MR) is 112 cm³/mol. The lowest BCUT2D eigenvalue weighted by molar-refractivity contribution is 0.103. The number of thiazole rings is 2. The Morgan fingerprint density at radius 3 is 2.86 bits per heavy atom. The molecule has 1 amide bonds. The van der Waals surface area contributed by atoms with E-state index in [0.29, 0.717) is 26.5 Å². The van der Waals surface area contributed by atoms with Crippen LogP contribution in [0.4, 0.5) is 5.13 Å². The Hall–Kier alpha value is -3.30. The van der Waals surface area contributed by atoms with Gasteiger partial charge in [0.1, 0.15) is 9.88 Å². The van der Waals surface area contributed by atoms with Crippen molar-refractivity contribution in [1.29, 1.82) is 0 Å². The van der Waals surface area contributed by atoms with Crippen LogP contribution in [0.2, 0.25) is 0 Å². The third kappa shape index (κ3) is 3.45. The van der Waals surface area contributed by atoms with E-state index in [1.165, 1.54) is 22.7 Å². The van der Waals surface area contributed by atoms with Crippen molar-refractivity contribution >= 4 is 33.7 Å². The zero-order valence-electron chi connectivity index (χ0n) is 15.2. The van der Waals surface area contributed by atoms with Crippen molar-refractivity contribution in [2.24, 2.45) is 0 Å². The molecule has 0 fully saturated rings. The number of benzene rings is 1. The fraction of sp³-hybridized carbons (Fsp3) is 0.100. The van der Waals surface area contributed by atoms with Gasteiger partial charge in [-0.15, -0.1) is 22.7 Å². The number of rotatable bonds is 4. The molecule has 0 aliphatic carbocycles. The molecule has 1 aliphatic heterocycles. The molecule has 5 rings (SSSR count). The Balaban J connectivity index is 1.35. The Kier molecular flexibility index (Phi) is 4.45. The van der Waals surface area contributed by atoms with E-state index in [1.54, 1.807) is 6.20 Å². The van der Waals surface area contributed by atoms with Gasteiger partial charge in [0.15, 0.2) is 16.6 Å². The van der Waals surface area contributed by atoms with Gasteiger partial charge in [0.25, 0.3) is 5.91 Å². The lowest BCUT2D eigenvalue weighted by atomic mass is 10.1. The highest BCUT2D eigenvalue weighted by Crippen LogP contribution is 2.36. The van der Waals surface area contributed by atoms with Crippen LogP contribution in [0.5, 0.6) is 11.5 Å². The van der Waals surface area contributed by atoms with Crippen LogP contribution in [0.25, 0.3) is 22.0 Å². The molecule has 0 saturated heterocycles. The molecule has 0 unspecified atom stereocenters. The van der Waals surface area contributed by atoms with Crippen LogP contribution in [0.1, 0.15) is 15.4 Å². The number of aromatic nitrogens is 3. The Morgan fingerprint density at radius 2 is 2.00 bits per heavy atom. The first-order valence-corrected chi connectivity index (χ1v) is 10.4. The Morgan fingerprint density at radius 1 is 1.10 bits per heavy atom. The summed E-state index contributed by atoms with van der Waals surface area (Å²) in [4.78, 5) is 26.6. The summed E-state index contributed by atoms with van der Waals surface area (Å²) < 4.78 is 10.7. The van der Waals surface area contributed by atoms with Crippen LogP contribution < -0.4 is 14.8 Å². The van der Waals surface area contributed by atoms with E-state index >= 15 is 0 Å². The number of nitrogens with zero attached hydrogens (tertiary/aromatic N) is 3. The Bertz CT molecular complexity index is 1200. The third-order valence-corrected chi connectivity index (χ3v) is 6.22. The van der Waals surface area contributed by atoms with Crippen molar-refractivity contribution in [3.8, 4) is 33.5 Å². The van der Waals surface area contributed by atoms with Gasteiger partial charge in [-0.1, -0.05) is 6.07 Å². The number of hydrogen-bond donors (Lipinski definition) is 1. The molecule has 4 aromatic rings. The summed E-state index contributed by atoms with van der Waals surface area (Å²) in [6, 6.07) is 11.3. The van der Waals surface area contributed by atoms with Crippen molar-refractivity contribution in [2.45, 2.75) is 6.92 Å². The molecule has 1 aromatic carbocycles. The number of hydrogen-bond acceptors (Lipinski definition) is 8. The minimum atomic E-state index is -0.228. The molecule has 0 saturated carbocycles. The summed E-state index contributed by atoms with van der Waals surface area (Å²) in [5.41, 5.74) is 3.08. The van der Waals surface area contributed by atoms with Crippen LogP contribution in [0.3, 0.4) is 0 Å². The number of carbonyl (C=O) groups is 1. The number of fused-ring (bicyclic) bond motifs is 1. The van der Waals surface area contributed by atoms with E-state index in [1.807, 2.05) is 48.7 Å². The maximum absolute atomic E-state index is 12.7. The van der Waals surface area contributed by atoms with Crippen molar-refractivity contribution in [3.63, 3.8) is 0 Å². The van der Waals surface area contributed by atoms with E-state index in [-0.39, 0.29) is 12.7 Å². The minimum Gasteiger partial charge on any atom is -0.454 e. The molecule has 0 bridgehead atoms. The van der Waals surface area contributed by atoms with Gasteiger partial charge < -0.3 is 9.47 Å². The van der Waals surface area contributed by atoms with Gasteiger partial charge in [0.05, 0.1) is 17.1 Å². The van der Waals surface area contributed by atoms with Gasteiger partial charge in [0, 0.05) is 17.1 Å². The van der Waals surface area contributed by atoms with Crippen LogP contribution >= 0.6 is 22.7 Å². The molecule has 0 radical (unpaired) electrons. The number of nitrogens with one attached hydrogen (secondary N) is 1. The third-order valence-electron chi connectivity index (χ3n) is 4.28. The molecule has 7 nitrogen and oxygen atoms in total. The van der Waals surface area contributed by atoms with E-state index < -0.39 is 0 Å². The molecule has 0 atom stereocenters. The largest absolute Gasteiger partial charge is 0.454 e. The monoisotopic (exact) mass is 422 g/mol. The van der Waals surface area contributed by atoms with Crippen molar-refractivity contribution in [3.05, 3.63) is 58.5 Å². The summed E-state index contributed by atoms with van der Waals surface area (Å²) >= 11 is 2.68. The van der Waals surface area contributed by atoms with Gasteiger partial charge >= 0.3 is 0 Å². The normalized spacial score (nSPS) is 12.2. The van der Waals surface area contributed by atoms with Crippen LogP contribution in [0, 0.1) is 6.92 Å². The van der Waals surface area contributed by atoms with E-state index in [9.17, 15) is 4.79 Å². The van der Waals surface area contributed by atoms with E-state index in [2.05, 4.69) is 20.3 Å². The van der Waals surface area contributed by atoms with Gasteiger partial charge in [-0.3, -0.25) is 15.1 Å². The summed E-state index contributed by atoms with van der Waals surface area (Å²) in [6.45, 7) is 2.05. The maximum Gasteiger partial charge on any atom is 0.269 e. The van der Waals surface area contributed by atoms with Crippen LogP contribution in [0.15, 0.2) is 48.0 Å². The van der Waals surface area contributed by atoms with Gasteiger partial charge in [-0.25, -0.2) is 9.97 Å². The number of amides is 1. The zero-order valence-corrected chi connectivity index (χ0v) is 16.8. The van der Waals surface area contributed by atoms with Crippen molar-refractivity contribution in [1.82, 2.24) is 15.0 Å². The highest BCUT2D eigenvalue weighted by molar-refractivity contribution is 7.17. The maximum atomic E-state index is 12.7. The van der Waals surface area contributed by atoms with Gasteiger partial charge in [-0.2, -0.15) is 0 Å². The average Bonchev–Trinajstić information content (AvgIpc) is 3.47. The molecule has 0 spiro atoms. The number of carbonyl (C=O) groups excluding carboxylic acids is 1. The lowest BCUT2D eigenvalue weighted by Gasteiger charge is -2.01. The summed E-state index contributed by atoms with van der Waals surface area (Å²) in [6.07, 6.45) is 1.71. The van der Waals surface area contributed by atoms with Crippen molar-refractivity contribution < 1.29 is 14.3 Å². The van der Waals surface area contributed by atoms with Crippen LogP contribution in [-0.4, -0.2) is 27.7 Å². The smallest absolute Gasteiger partial charge is 0.269 e. The molecule has 3 aromatic heterocycles. The first kappa shape index (κ1) is 17.8. The van der Waals surface area contributed by atoms with Crippen molar-refractivity contribution in [2.75, 3.05) is 12.1 Å². The molecule has 29 heavy (non-hydrogen) atoms. The van der Waals surface area contributed by atoms with E-state index in [0.717, 1.165) is 22.7 Å². The second kappa shape index (κ2) is 7.26. The summed E-state index contributed by atoms with van der Waals surface area (Å²) in [7, 11) is 0. The molecular weight excluding hydrogens is 408 g/mol. The van der Waals surface area contributed by atoms with Gasteiger partial charge in [0.2, 0.25) is 6.79 Å². The zero-order chi connectivity index (χ0) is 19.8. The first-order valence-electron chi connectivity index (χ1n) is 8.73. The fourth-order valence-corrected chi connectivity index (χ4v) is 4.53. The van der Waals surface area contributed by atoms with Crippen LogP contribution in [-0.2, 0) is 0 Å². The first-order chi connectivity index (χ1) is 14.2. The number of ether oxygens (including phenoxy) is 2. The molecule has 9 heteroatoms. The van der Waals surface area contributed by atoms with E-state index in [4.69, 9.17) is 9.47 Å². The SMILES string of the molecule is Cc1nc(-c2ccccn2)sc1C(=O)Nc1nc(-c2ccc3c(c2)OCO3)cs1. The van der Waals surface area contributed by atoms with Gasteiger partial charge in [-0.05, 0) is 37.3 Å².